The van der Waals surface area contributed by atoms with Crippen LogP contribution in [0.15, 0.2) is 68.8 Å². The fourth-order valence-corrected chi connectivity index (χ4v) is 3.81. The summed E-state index contributed by atoms with van der Waals surface area (Å²) in [6, 6.07) is 16.5. The van der Waals surface area contributed by atoms with Gasteiger partial charge in [-0.05, 0) is 42.5 Å². The summed E-state index contributed by atoms with van der Waals surface area (Å²) >= 11 is 13.6. The Hall–Kier alpha value is -2.14. The minimum absolute atomic E-state index is 0.151. The summed E-state index contributed by atoms with van der Waals surface area (Å²) < 4.78 is 5.83. The Kier molecular flexibility index (Phi) is 4.34. The van der Waals surface area contributed by atoms with Crippen LogP contribution in [0.3, 0.4) is 0 Å². The van der Waals surface area contributed by atoms with E-state index in [2.05, 4.69) is 5.32 Å². The number of thioether (sulfide) groups is 1. The average molecular weight is 388 g/mol. The summed E-state index contributed by atoms with van der Waals surface area (Å²) in [5.41, 5.74) is 1.53. The number of rotatable bonds is 2. The van der Waals surface area contributed by atoms with Crippen molar-refractivity contribution < 1.29 is 9.21 Å². The summed E-state index contributed by atoms with van der Waals surface area (Å²) in [7, 11) is 0. The zero-order chi connectivity index (χ0) is 17.4. The van der Waals surface area contributed by atoms with E-state index in [9.17, 15) is 4.79 Å². The van der Waals surface area contributed by atoms with Gasteiger partial charge in [0.1, 0.15) is 11.5 Å². The third kappa shape index (κ3) is 3.33. The number of carbonyl (C=O) groups is 1. The fraction of sp³-hybridized carbons (Fsp3) is 0. The molecule has 0 radical (unpaired) electrons. The lowest BCUT2D eigenvalue weighted by atomic mass is 10.2. The van der Waals surface area contributed by atoms with E-state index >= 15 is 0 Å². The molecule has 0 bridgehead atoms. The Bertz CT molecular complexity index is 1010. The first-order valence-electron chi connectivity index (χ1n) is 7.45. The quantitative estimate of drug-likeness (QED) is 0.521. The molecule has 0 saturated heterocycles. The summed E-state index contributed by atoms with van der Waals surface area (Å²) in [6.07, 6.45) is 1.72. The van der Waals surface area contributed by atoms with Gasteiger partial charge < -0.3 is 9.73 Å². The minimum atomic E-state index is -0.151. The van der Waals surface area contributed by atoms with Crippen LogP contribution in [0.25, 0.3) is 17.4 Å². The molecule has 0 fully saturated rings. The number of fused-ring (bicyclic) bond motifs is 1. The second kappa shape index (κ2) is 6.64. The van der Waals surface area contributed by atoms with Crippen molar-refractivity contribution in [1.29, 1.82) is 0 Å². The molecule has 2 heterocycles. The first-order valence-corrected chi connectivity index (χ1v) is 9.02. The second-order valence-corrected chi connectivity index (χ2v) is 7.31. The van der Waals surface area contributed by atoms with Crippen LogP contribution in [0.5, 0.6) is 0 Å². The van der Waals surface area contributed by atoms with Crippen LogP contribution in [0.2, 0.25) is 10.0 Å². The SMILES string of the molecule is O=C1Nc2ccccc2S/C1=C\c1ccc(-c2cc(Cl)ccc2Cl)o1. The number of halogens is 2. The van der Waals surface area contributed by atoms with Crippen molar-refractivity contribution in [2.75, 3.05) is 5.32 Å². The summed E-state index contributed by atoms with van der Waals surface area (Å²) in [5.74, 6) is 1.02. The van der Waals surface area contributed by atoms with Crippen LogP contribution in [-0.4, -0.2) is 5.91 Å². The molecular formula is C19H11Cl2NO2S. The Labute approximate surface area is 158 Å². The molecule has 0 atom stereocenters. The fourth-order valence-electron chi connectivity index (χ4n) is 2.49. The smallest absolute Gasteiger partial charge is 0.262 e. The monoisotopic (exact) mass is 387 g/mol. The normalized spacial score (nSPS) is 15.1. The molecule has 0 saturated carbocycles. The molecule has 124 valence electrons. The lowest BCUT2D eigenvalue weighted by Gasteiger charge is -2.17. The van der Waals surface area contributed by atoms with E-state index in [1.54, 1.807) is 30.3 Å². The molecule has 1 aliphatic heterocycles. The van der Waals surface area contributed by atoms with Gasteiger partial charge >= 0.3 is 0 Å². The first kappa shape index (κ1) is 16.3. The van der Waals surface area contributed by atoms with E-state index < -0.39 is 0 Å². The van der Waals surface area contributed by atoms with Crippen molar-refractivity contribution >= 4 is 52.6 Å². The van der Waals surface area contributed by atoms with Crippen LogP contribution < -0.4 is 5.32 Å². The van der Waals surface area contributed by atoms with Crippen molar-refractivity contribution in [2.24, 2.45) is 0 Å². The maximum Gasteiger partial charge on any atom is 0.262 e. The largest absolute Gasteiger partial charge is 0.457 e. The third-order valence-electron chi connectivity index (χ3n) is 3.67. The highest BCUT2D eigenvalue weighted by Crippen LogP contribution is 2.39. The predicted octanol–water partition coefficient (Wildman–Crippen LogP) is 6.34. The van der Waals surface area contributed by atoms with Crippen LogP contribution >= 0.6 is 35.0 Å². The van der Waals surface area contributed by atoms with Gasteiger partial charge in [-0.25, -0.2) is 0 Å². The van der Waals surface area contributed by atoms with E-state index in [4.69, 9.17) is 27.6 Å². The third-order valence-corrected chi connectivity index (χ3v) is 5.34. The number of anilines is 1. The maximum absolute atomic E-state index is 12.3. The molecule has 1 aromatic heterocycles. The van der Waals surface area contributed by atoms with Crippen LogP contribution in [0.1, 0.15) is 5.76 Å². The van der Waals surface area contributed by atoms with E-state index in [-0.39, 0.29) is 5.91 Å². The van der Waals surface area contributed by atoms with E-state index in [1.807, 2.05) is 30.3 Å². The molecule has 1 N–H and O–H groups in total. The van der Waals surface area contributed by atoms with E-state index in [1.165, 1.54) is 11.8 Å². The molecule has 2 aromatic carbocycles. The lowest BCUT2D eigenvalue weighted by Crippen LogP contribution is -2.16. The molecule has 0 aliphatic carbocycles. The van der Waals surface area contributed by atoms with Gasteiger partial charge in [0.25, 0.3) is 5.91 Å². The van der Waals surface area contributed by atoms with Crippen molar-refractivity contribution in [3.05, 3.63) is 75.3 Å². The molecule has 1 amide bonds. The Balaban J connectivity index is 1.66. The van der Waals surface area contributed by atoms with Gasteiger partial charge in [-0.2, -0.15) is 0 Å². The standard InChI is InChI=1S/C19H11Cl2NO2S/c20-11-5-7-14(21)13(9-11)16-8-6-12(24-16)10-18-19(23)22-15-3-1-2-4-17(15)25-18/h1-10H,(H,22,23)/b18-10-. The predicted molar refractivity (Wildman–Crippen MR) is 103 cm³/mol. The number of nitrogens with one attached hydrogen (secondary N) is 1. The molecular weight excluding hydrogens is 377 g/mol. The van der Waals surface area contributed by atoms with Crippen LogP contribution in [0, 0.1) is 0 Å². The van der Waals surface area contributed by atoms with Gasteiger partial charge in [-0.15, -0.1) is 0 Å². The topological polar surface area (TPSA) is 42.2 Å². The Morgan fingerprint density at radius 3 is 2.76 bits per heavy atom. The zero-order valence-corrected chi connectivity index (χ0v) is 15.1. The van der Waals surface area contributed by atoms with Gasteiger partial charge in [-0.1, -0.05) is 47.1 Å². The van der Waals surface area contributed by atoms with Crippen molar-refractivity contribution in [1.82, 2.24) is 0 Å². The molecule has 3 aromatic rings. The highest BCUT2D eigenvalue weighted by molar-refractivity contribution is 8.04. The summed E-state index contributed by atoms with van der Waals surface area (Å²) in [4.78, 5) is 13.8. The number of carbonyl (C=O) groups excluding carboxylic acids is 1. The van der Waals surface area contributed by atoms with Gasteiger partial charge in [-0.3, -0.25) is 4.79 Å². The number of hydrogen-bond donors (Lipinski definition) is 1. The van der Waals surface area contributed by atoms with E-state index in [0.717, 1.165) is 10.6 Å². The number of furan rings is 1. The van der Waals surface area contributed by atoms with Gasteiger partial charge in [0, 0.05) is 21.6 Å². The van der Waals surface area contributed by atoms with Crippen molar-refractivity contribution in [3.8, 4) is 11.3 Å². The average Bonchev–Trinajstić information content (AvgIpc) is 3.06. The van der Waals surface area contributed by atoms with Crippen molar-refractivity contribution in [2.45, 2.75) is 4.90 Å². The highest BCUT2D eigenvalue weighted by Gasteiger charge is 2.21. The van der Waals surface area contributed by atoms with Crippen LogP contribution in [0.4, 0.5) is 5.69 Å². The highest BCUT2D eigenvalue weighted by atomic mass is 35.5. The van der Waals surface area contributed by atoms with Crippen LogP contribution in [-0.2, 0) is 4.79 Å². The molecule has 3 nitrogen and oxygen atoms in total. The van der Waals surface area contributed by atoms with Gasteiger partial charge in [0.2, 0.25) is 0 Å². The molecule has 1 aliphatic rings. The second-order valence-electron chi connectivity index (χ2n) is 5.39. The molecule has 0 unspecified atom stereocenters. The zero-order valence-electron chi connectivity index (χ0n) is 12.8. The molecule has 4 rings (SSSR count). The van der Waals surface area contributed by atoms with Crippen molar-refractivity contribution in [3.63, 3.8) is 0 Å². The molecule has 0 spiro atoms. The first-order chi connectivity index (χ1) is 12.1. The van der Waals surface area contributed by atoms with Gasteiger partial charge in [0.05, 0.1) is 15.6 Å². The maximum atomic E-state index is 12.3. The lowest BCUT2D eigenvalue weighted by molar-refractivity contribution is -0.112. The number of hydrogen-bond acceptors (Lipinski definition) is 3. The summed E-state index contributed by atoms with van der Waals surface area (Å²) in [6.45, 7) is 0. The van der Waals surface area contributed by atoms with E-state index in [0.29, 0.717) is 32.0 Å². The Morgan fingerprint density at radius 1 is 1.04 bits per heavy atom. The number of para-hydroxylation sites is 1. The number of amides is 1. The Morgan fingerprint density at radius 2 is 1.88 bits per heavy atom. The molecule has 25 heavy (non-hydrogen) atoms. The molecule has 6 heteroatoms. The summed E-state index contributed by atoms with van der Waals surface area (Å²) in [5, 5.41) is 4.01. The number of benzene rings is 2. The van der Waals surface area contributed by atoms with Gasteiger partial charge in [0.15, 0.2) is 0 Å². The minimum Gasteiger partial charge on any atom is -0.457 e.